The number of ether oxygens (including phenoxy) is 8. The second-order valence-electron chi connectivity index (χ2n) is 23.7. The molecule has 30 atom stereocenters. The summed E-state index contributed by atoms with van der Waals surface area (Å²) >= 11 is 0. The maximum Gasteiger partial charge on any atom is 0.187 e. The van der Waals surface area contributed by atoms with Crippen LogP contribution < -0.4 is 0 Å². The standard InChI is InChI=1S/C51H86O21/c1-20(2)8-11-29(53)21(3)33-30(69-48-44(64)40(60)36(56)31(18-52)70-48)17-28-26-10-9-24-16-25(12-14-50(24,6)27(26)13-15-51(28,33)7)68-49-45(72-47-43(63)39(59)35(55)23(5)67-47)41(61)37(57)32(71-49)19-65-46-42(62)38(58)34(54)22(4)66-46/h9,20-23,25-49,52-64H,8,10-19H2,1-7H3/t21-,22+,23+,25+,26?,27?,28?,29+,30+,31-,32-,33+,34+,35+,36-,37-,38-,39-,40+,41+,42-,43-,44-,45-,46-,47+,48-,49-,50+,51+/m1/s1. The van der Waals surface area contributed by atoms with Crippen molar-refractivity contribution >= 4 is 0 Å². The third kappa shape index (κ3) is 10.7. The van der Waals surface area contributed by atoms with Gasteiger partial charge in [0.25, 0.3) is 0 Å². The summed E-state index contributed by atoms with van der Waals surface area (Å²) in [5.74, 6) is 0.712. The van der Waals surface area contributed by atoms with E-state index in [-0.39, 0.29) is 40.4 Å². The van der Waals surface area contributed by atoms with Crippen LogP contribution in [0.5, 0.6) is 0 Å². The Morgan fingerprint density at radius 1 is 0.625 bits per heavy atom. The lowest BCUT2D eigenvalue weighted by Crippen LogP contribution is -2.65. The lowest BCUT2D eigenvalue weighted by Gasteiger charge is -2.58. The molecule has 0 aromatic heterocycles. The van der Waals surface area contributed by atoms with E-state index < -0.39 is 154 Å². The van der Waals surface area contributed by atoms with Gasteiger partial charge in [0.2, 0.25) is 0 Å². The number of allylic oxidation sites excluding steroid dienone is 1. The second-order valence-corrected chi connectivity index (χ2v) is 23.7. The van der Waals surface area contributed by atoms with E-state index >= 15 is 0 Å². The molecule has 13 N–H and O–H groups in total. The topological polar surface area (TPSA) is 337 Å². The normalized spacial score (nSPS) is 52.8. The van der Waals surface area contributed by atoms with E-state index in [4.69, 9.17) is 37.9 Å². The van der Waals surface area contributed by atoms with Gasteiger partial charge < -0.3 is 104 Å². The molecule has 8 rings (SSSR count). The number of fused-ring (bicyclic) bond motifs is 5. The van der Waals surface area contributed by atoms with Crippen LogP contribution in [0.4, 0.5) is 0 Å². The predicted molar refractivity (Wildman–Crippen MR) is 250 cm³/mol. The molecule has 7 fully saturated rings. The zero-order chi connectivity index (χ0) is 52.5. The zero-order valence-corrected chi connectivity index (χ0v) is 42.7. The molecule has 3 saturated carbocycles. The smallest absolute Gasteiger partial charge is 0.187 e. The zero-order valence-electron chi connectivity index (χ0n) is 42.7. The molecule has 416 valence electrons. The maximum atomic E-state index is 11.8. The summed E-state index contributed by atoms with van der Waals surface area (Å²) < 4.78 is 48.8. The van der Waals surface area contributed by atoms with Gasteiger partial charge in [0.1, 0.15) is 85.5 Å². The van der Waals surface area contributed by atoms with Crippen molar-refractivity contribution in [2.24, 2.45) is 46.3 Å². The lowest BCUT2D eigenvalue weighted by molar-refractivity contribution is -0.374. The molecule has 4 aliphatic carbocycles. The predicted octanol–water partition coefficient (Wildman–Crippen LogP) is -1.32. The van der Waals surface area contributed by atoms with Crippen LogP contribution in [-0.2, 0) is 37.9 Å². The van der Waals surface area contributed by atoms with Crippen LogP contribution in [0.15, 0.2) is 11.6 Å². The second kappa shape index (κ2) is 22.7. The van der Waals surface area contributed by atoms with Crippen LogP contribution in [0.2, 0.25) is 0 Å². The van der Waals surface area contributed by atoms with Gasteiger partial charge in [0.05, 0.1) is 43.7 Å². The maximum absolute atomic E-state index is 11.8. The first-order valence-electron chi connectivity index (χ1n) is 26.6. The van der Waals surface area contributed by atoms with Gasteiger partial charge in [-0.15, -0.1) is 0 Å². The minimum atomic E-state index is -1.74. The van der Waals surface area contributed by atoms with Crippen molar-refractivity contribution in [2.45, 2.75) is 247 Å². The molecule has 0 amide bonds. The van der Waals surface area contributed by atoms with Crippen LogP contribution in [0.25, 0.3) is 0 Å². The summed E-state index contributed by atoms with van der Waals surface area (Å²) in [6, 6.07) is 0. The molecule has 0 radical (unpaired) electrons. The Labute approximate surface area is 421 Å². The molecule has 8 aliphatic rings. The molecule has 21 nitrogen and oxygen atoms in total. The highest BCUT2D eigenvalue weighted by molar-refractivity contribution is 5.26. The fourth-order valence-electron chi connectivity index (χ4n) is 14.3. The van der Waals surface area contributed by atoms with Crippen molar-refractivity contribution in [3.05, 3.63) is 11.6 Å². The third-order valence-electron chi connectivity index (χ3n) is 18.8. The van der Waals surface area contributed by atoms with E-state index in [1.165, 1.54) is 19.4 Å². The van der Waals surface area contributed by atoms with Gasteiger partial charge in [-0.2, -0.15) is 0 Å². The Kier molecular flexibility index (Phi) is 18.0. The monoisotopic (exact) mass is 1030 g/mol. The van der Waals surface area contributed by atoms with Gasteiger partial charge in [-0.1, -0.05) is 46.3 Å². The average Bonchev–Trinajstić information content (AvgIpc) is 3.65. The van der Waals surface area contributed by atoms with E-state index in [2.05, 4.69) is 40.7 Å². The van der Waals surface area contributed by atoms with Crippen LogP contribution in [-0.4, -0.2) is 221 Å². The minimum Gasteiger partial charge on any atom is -0.394 e. The highest BCUT2D eigenvalue weighted by atomic mass is 16.8. The fraction of sp³-hybridized carbons (Fsp3) is 0.961. The Hall–Kier alpha value is -1.10. The van der Waals surface area contributed by atoms with E-state index in [1.54, 1.807) is 0 Å². The van der Waals surface area contributed by atoms with Crippen molar-refractivity contribution in [2.75, 3.05) is 13.2 Å². The largest absolute Gasteiger partial charge is 0.394 e. The van der Waals surface area contributed by atoms with E-state index in [1.807, 2.05) is 0 Å². The SMILES string of the molecule is CC(C)CC[C@H](O)[C@@H](C)[C@H]1[C@@H](O[C@@H]2O[C@H](CO)[C@@H](O)[C@H](O)[C@H]2O)CC2C3CC=C4C[C@@H](O[C@@H]5O[C@H](CO[C@@H]6O[C@@H](C)[C@H](O)[C@@H](O)[C@H]6O)[C@@H](O)[C@H](O)[C@H]5O[C@@H]5O[C@@H](C)[C@H](O)[C@@H](O)[C@H]5O)CC[C@]4(C)C3CC[C@@]21C. The van der Waals surface area contributed by atoms with Crippen LogP contribution in [0.3, 0.4) is 0 Å². The van der Waals surface area contributed by atoms with E-state index in [0.717, 1.165) is 32.1 Å². The van der Waals surface area contributed by atoms with Crippen LogP contribution in [0.1, 0.15) is 106 Å². The molecular formula is C51H86O21. The number of hydrogen-bond acceptors (Lipinski definition) is 21. The minimum absolute atomic E-state index is 0.144. The molecule has 4 saturated heterocycles. The lowest BCUT2D eigenvalue weighted by atomic mass is 9.47. The molecule has 21 heteroatoms. The van der Waals surface area contributed by atoms with Gasteiger partial charge in [-0.3, -0.25) is 0 Å². The summed E-state index contributed by atoms with van der Waals surface area (Å²) in [5.41, 5.74) is 0.687. The molecular weight excluding hydrogens is 949 g/mol. The summed E-state index contributed by atoms with van der Waals surface area (Å²) in [4.78, 5) is 0. The van der Waals surface area contributed by atoms with Crippen molar-refractivity contribution in [3.63, 3.8) is 0 Å². The van der Waals surface area contributed by atoms with Crippen molar-refractivity contribution in [3.8, 4) is 0 Å². The molecule has 3 unspecified atom stereocenters. The van der Waals surface area contributed by atoms with Crippen LogP contribution in [0, 0.1) is 46.3 Å². The number of hydrogen-bond donors (Lipinski definition) is 13. The average molecular weight is 1040 g/mol. The van der Waals surface area contributed by atoms with Crippen LogP contribution >= 0.6 is 0 Å². The molecule has 0 spiro atoms. The van der Waals surface area contributed by atoms with Gasteiger partial charge >= 0.3 is 0 Å². The van der Waals surface area contributed by atoms with Gasteiger partial charge in [-0.25, -0.2) is 0 Å². The molecule has 4 aliphatic heterocycles. The first-order valence-corrected chi connectivity index (χ1v) is 26.6. The van der Waals surface area contributed by atoms with Crippen molar-refractivity contribution in [1.82, 2.24) is 0 Å². The molecule has 0 aromatic carbocycles. The summed E-state index contributed by atoms with van der Waals surface area (Å²) in [5, 5.41) is 140. The highest BCUT2D eigenvalue weighted by Gasteiger charge is 2.64. The quantitative estimate of drug-likeness (QED) is 0.0847. The summed E-state index contributed by atoms with van der Waals surface area (Å²) in [6.45, 7) is 12.9. The Balaban J connectivity index is 1.01. The summed E-state index contributed by atoms with van der Waals surface area (Å²) in [6.07, 6.45) is -22.0. The first kappa shape index (κ1) is 57.1. The number of aliphatic hydroxyl groups excluding tert-OH is 13. The van der Waals surface area contributed by atoms with Gasteiger partial charge in [0, 0.05) is 0 Å². The number of aliphatic hydroxyl groups is 13. The Morgan fingerprint density at radius 2 is 1.21 bits per heavy atom. The highest BCUT2D eigenvalue weighted by Crippen LogP contribution is 2.68. The van der Waals surface area contributed by atoms with E-state index in [9.17, 15) is 66.4 Å². The van der Waals surface area contributed by atoms with Crippen molar-refractivity contribution in [1.29, 1.82) is 0 Å². The summed E-state index contributed by atoms with van der Waals surface area (Å²) in [7, 11) is 0. The van der Waals surface area contributed by atoms with Crippen molar-refractivity contribution < 1.29 is 104 Å². The number of rotatable bonds is 15. The van der Waals surface area contributed by atoms with Gasteiger partial charge in [-0.05, 0) is 118 Å². The fourth-order valence-corrected chi connectivity index (χ4v) is 14.3. The molecule has 0 aromatic rings. The third-order valence-corrected chi connectivity index (χ3v) is 18.8. The van der Waals surface area contributed by atoms with Gasteiger partial charge in [0.15, 0.2) is 25.2 Å². The van der Waals surface area contributed by atoms with E-state index in [0.29, 0.717) is 31.6 Å². The molecule has 4 heterocycles. The first-order chi connectivity index (χ1) is 33.9. The Morgan fingerprint density at radius 3 is 1.85 bits per heavy atom. The Bertz CT molecular complexity index is 1810. The molecule has 72 heavy (non-hydrogen) atoms. The molecule has 0 bridgehead atoms.